The van der Waals surface area contributed by atoms with E-state index in [0.29, 0.717) is 16.4 Å². The molecule has 0 spiro atoms. The number of halogens is 1. The summed E-state index contributed by atoms with van der Waals surface area (Å²) in [6.45, 7) is 8.43. The predicted molar refractivity (Wildman–Crippen MR) is 41.4 cm³/mol. The maximum Gasteiger partial charge on any atom is 0.126 e. The average Bonchev–Trinajstić information content (AvgIpc) is 1.84. The molecule has 2 N–H and O–H groups in total. The van der Waals surface area contributed by atoms with Gasteiger partial charge in [-0.15, -0.1) is 0 Å². The zero-order valence-corrected chi connectivity index (χ0v) is 6.07. The number of hydrogen-bond acceptors (Lipinski definition) is 2. The summed E-state index contributed by atoms with van der Waals surface area (Å²) in [6.07, 6.45) is 0. The number of rotatable bonds is 2. The number of hydrogen-bond donors (Lipinski definition) is 1. The fourth-order valence-electron chi connectivity index (χ4n) is 0.258. The molecule has 0 fully saturated rings. The monoisotopic (exact) mass is 144 g/mol. The van der Waals surface area contributed by atoms with Gasteiger partial charge in [0, 0.05) is 10.6 Å². The molecular weight excluding hydrogens is 136 g/mol. The van der Waals surface area contributed by atoms with Gasteiger partial charge in [0.05, 0.1) is 0 Å². The molecule has 0 unspecified atom stereocenters. The van der Waals surface area contributed by atoms with Crippen molar-refractivity contribution < 1.29 is 0 Å². The summed E-state index contributed by atoms with van der Waals surface area (Å²) in [4.78, 5) is 3.47. The van der Waals surface area contributed by atoms with Crippen LogP contribution in [-0.2, 0) is 0 Å². The molecule has 0 amide bonds. The minimum absolute atomic E-state index is 0.329. The van der Waals surface area contributed by atoms with Gasteiger partial charge in [0.1, 0.15) is 5.82 Å². The molecule has 0 aromatic rings. The minimum Gasteiger partial charge on any atom is -0.383 e. The van der Waals surface area contributed by atoms with Crippen LogP contribution in [0, 0.1) is 0 Å². The molecule has 0 saturated carbocycles. The van der Waals surface area contributed by atoms with Crippen LogP contribution in [0.2, 0.25) is 0 Å². The summed E-state index contributed by atoms with van der Waals surface area (Å²) in [5.74, 6) is 0.329. The lowest BCUT2D eigenvalue weighted by Gasteiger charge is -1.97. The molecule has 0 heterocycles. The molecule has 0 aliphatic rings. The lowest BCUT2D eigenvalue weighted by molar-refractivity contribution is 1.19. The van der Waals surface area contributed by atoms with Gasteiger partial charge >= 0.3 is 0 Å². The Morgan fingerprint density at radius 1 is 1.67 bits per heavy atom. The van der Waals surface area contributed by atoms with Crippen LogP contribution in [0.1, 0.15) is 6.92 Å². The Morgan fingerprint density at radius 2 is 2.11 bits per heavy atom. The van der Waals surface area contributed by atoms with E-state index in [-0.39, 0.29) is 0 Å². The third kappa shape index (κ3) is 2.33. The first-order valence-corrected chi connectivity index (χ1v) is 2.75. The molecule has 50 valence electrons. The molecular formula is C6H9ClN2. The fourth-order valence-corrected chi connectivity index (χ4v) is 0.354. The SMILES string of the molecule is C=N/C(N)=C(/C)C(=C)Cl. The van der Waals surface area contributed by atoms with E-state index in [2.05, 4.69) is 18.3 Å². The van der Waals surface area contributed by atoms with Gasteiger partial charge in [-0.1, -0.05) is 18.2 Å². The molecule has 0 radical (unpaired) electrons. The molecule has 3 heteroatoms. The van der Waals surface area contributed by atoms with Crippen molar-refractivity contribution in [3.8, 4) is 0 Å². The first-order valence-electron chi connectivity index (χ1n) is 2.37. The quantitative estimate of drug-likeness (QED) is 0.464. The highest BCUT2D eigenvalue weighted by Gasteiger charge is 1.95. The van der Waals surface area contributed by atoms with Crippen molar-refractivity contribution in [3.63, 3.8) is 0 Å². The van der Waals surface area contributed by atoms with E-state index in [0.717, 1.165) is 0 Å². The summed E-state index contributed by atoms with van der Waals surface area (Å²) < 4.78 is 0. The number of allylic oxidation sites excluding steroid dienone is 2. The van der Waals surface area contributed by atoms with Crippen LogP contribution in [0.15, 0.2) is 28.0 Å². The summed E-state index contributed by atoms with van der Waals surface area (Å²) in [5, 5.41) is 0.403. The summed E-state index contributed by atoms with van der Waals surface area (Å²) in [5.41, 5.74) is 6.00. The van der Waals surface area contributed by atoms with E-state index in [9.17, 15) is 0 Å². The maximum absolute atomic E-state index is 5.48. The Bertz CT molecular complexity index is 170. The highest BCUT2D eigenvalue weighted by molar-refractivity contribution is 6.31. The second kappa shape index (κ2) is 3.30. The van der Waals surface area contributed by atoms with Gasteiger partial charge in [-0.25, -0.2) is 4.99 Å². The van der Waals surface area contributed by atoms with Crippen molar-refractivity contribution in [2.24, 2.45) is 10.7 Å². The first kappa shape index (κ1) is 8.24. The lowest BCUT2D eigenvalue weighted by atomic mass is 10.3. The molecule has 0 aromatic heterocycles. The fraction of sp³-hybridized carbons (Fsp3) is 0.167. The van der Waals surface area contributed by atoms with Crippen molar-refractivity contribution >= 4 is 18.3 Å². The number of aliphatic imine (C=N–C) groups is 1. The van der Waals surface area contributed by atoms with E-state index >= 15 is 0 Å². The molecule has 0 aliphatic carbocycles. The van der Waals surface area contributed by atoms with Gasteiger partial charge in [0.25, 0.3) is 0 Å². The second-order valence-corrected chi connectivity index (χ2v) is 2.03. The largest absolute Gasteiger partial charge is 0.383 e. The number of nitrogens with two attached hydrogens (primary N) is 1. The van der Waals surface area contributed by atoms with Crippen LogP contribution in [0.3, 0.4) is 0 Å². The molecule has 2 nitrogen and oxygen atoms in total. The summed E-state index contributed by atoms with van der Waals surface area (Å²) in [6, 6.07) is 0. The Hall–Kier alpha value is -0.760. The van der Waals surface area contributed by atoms with Crippen molar-refractivity contribution in [2.45, 2.75) is 6.92 Å². The Kier molecular flexibility index (Phi) is 3.02. The third-order valence-corrected chi connectivity index (χ3v) is 1.24. The van der Waals surface area contributed by atoms with Crippen LogP contribution in [-0.4, -0.2) is 6.72 Å². The highest BCUT2D eigenvalue weighted by Crippen LogP contribution is 2.12. The molecule has 0 saturated heterocycles. The average molecular weight is 145 g/mol. The summed E-state index contributed by atoms with van der Waals surface area (Å²) in [7, 11) is 0. The van der Waals surface area contributed by atoms with Gasteiger partial charge in [-0.2, -0.15) is 0 Å². The van der Waals surface area contributed by atoms with Crippen molar-refractivity contribution in [1.82, 2.24) is 0 Å². The van der Waals surface area contributed by atoms with E-state index in [1.54, 1.807) is 6.92 Å². The topological polar surface area (TPSA) is 38.4 Å². The van der Waals surface area contributed by atoms with Gasteiger partial charge in [0.2, 0.25) is 0 Å². The maximum atomic E-state index is 5.48. The Balaban J connectivity index is 4.47. The molecule has 0 rings (SSSR count). The Morgan fingerprint density at radius 3 is 2.22 bits per heavy atom. The molecule has 9 heavy (non-hydrogen) atoms. The molecule has 0 atom stereocenters. The van der Waals surface area contributed by atoms with E-state index in [1.165, 1.54) is 0 Å². The second-order valence-electron chi connectivity index (χ2n) is 1.57. The predicted octanol–water partition coefficient (Wildman–Crippen LogP) is 1.63. The molecule has 0 aromatic carbocycles. The van der Waals surface area contributed by atoms with Gasteiger partial charge in [0.15, 0.2) is 0 Å². The van der Waals surface area contributed by atoms with E-state index < -0.39 is 0 Å². The van der Waals surface area contributed by atoms with Gasteiger partial charge < -0.3 is 5.73 Å². The van der Waals surface area contributed by atoms with E-state index in [1.807, 2.05) is 0 Å². The molecule has 0 aliphatic heterocycles. The van der Waals surface area contributed by atoms with Crippen LogP contribution in [0.5, 0.6) is 0 Å². The Labute approximate surface area is 59.7 Å². The van der Waals surface area contributed by atoms with Gasteiger partial charge in [-0.3, -0.25) is 0 Å². The first-order chi connectivity index (χ1) is 4.09. The van der Waals surface area contributed by atoms with E-state index in [4.69, 9.17) is 17.3 Å². The van der Waals surface area contributed by atoms with Crippen molar-refractivity contribution in [2.75, 3.05) is 0 Å². The van der Waals surface area contributed by atoms with Gasteiger partial charge in [-0.05, 0) is 13.6 Å². The lowest BCUT2D eigenvalue weighted by Crippen LogP contribution is -1.96. The van der Waals surface area contributed by atoms with Crippen molar-refractivity contribution in [1.29, 1.82) is 0 Å². The standard InChI is InChI=1S/C6H9ClN2/c1-4(5(2)7)6(8)9-3/h2-3,8H2,1H3/b6-4-. The zero-order valence-electron chi connectivity index (χ0n) is 5.32. The van der Waals surface area contributed by atoms with Crippen molar-refractivity contribution in [3.05, 3.63) is 23.0 Å². The van der Waals surface area contributed by atoms with Crippen LogP contribution in [0.4, 0.5) is 0 Å². The zero-order chi connectivity index (χ0) is 7.44. The molecule has 0 bridgehead atoms. The third-order valence-electron chi connectivity index (χ3n) is 0.961. The smallest absolute Gasteiger partial charge is 0.126 e. The number of nitrogens with zero attached hydrogens (tertiary/aromatic N) is 1. The van der Waals surface area contributed by atoms with Crippen LogP contribution >= 0.6 is 11.6 Å². The normalized spacial score (nSPS) is 12.2. The summed E-state index contributed by atoms with van der Waals surface area (Å²) >= 11 is 5.48. The minimum atomic E-state index is 0.329. The van der Waals surface area contributed by atoms with Crippen LogP contribution in [0.25, 0.3) is 0 Å². The highest BCUT2D eigenvalue weighted by atomic mass is 35.5. The van der Waals surface area contributed by atoms with Crippen LogP contribution < -0.4 is 5.73 Å².